The van der Waals surface area contributed by atoms with Crippen molar-refractivity contribution in [2.24, 2.45) is 39.9 Å². The fraction of sp³-hybridized carbons (Fsp3) is 0.743. The number of nitrogens with zero attached hydrogens (tertiary/aromatic N) is 3. The van der Waals surface area contributed by atoms with Gasteiger partial charge in [0.15, 0.2) is 5.16 Å². The molecule has 260 valence electrons. The molecule has 0 unspecified atom stereocenters. The van der Waals surface area contributed by atoms with Gasteiger partial charge >= 0.3 is 5.97 Å². The number of hydrogen-bond donors (Lipinski definition) is 4. The van der Waals surface area contributed by atoms with Crippen LogP contribution in [0.2, 0.25) is 0 Å². The van der Waals surface area contributed by atoms with E-state index in [1.165, 1.54) is 6.07 Å². The quantitative estimate of drug-likeness (QED) is 0.122. The molecule has 12 heteroatoms. The monoisotopic (exact) mass is 671 g/mol. The zero-order valence-corrected chi connectivity index (χ0v) is 29.2. The van der Waals surface area contributed by atoms with Gasteiger partial charge in [0, 0.05) is 35.8 Å². The van der Waals surface area contributed by atoms with Crippen molar-refractivity contribution in [1.29, 1.82) is 0 Å². The first kappa shape index (κ1) is 35.8. The van der Waals surface area contributed by atoms with E-state index < -0.39 is 29.0 Å². The Hall–Kier alpha value is -2.54. The lowest BCUT2D eigenvalue weighted by molar-refractivity contribution is -0.205. The molecular formula is C35H53N5O6S. The number of ether oxygens (including phenoxy) is 1. The van der Waals surface area contributed by atoms with E-state index in [0.29, 0.717) is 18.8 Å². The smallest absolute Gasteiger partial charge is 0.316 e. The van der Waals surface area contributed by atoms with E-state index in [2.05, 4.69) is 47.5 Å². The van der Waals surface area contributed by atoms with Gasteiger partial charge in [0.05, 0.1) is 18.4 Å². The third-order valence-corrected chi connectivity index (χ3v) is 13.3. The van der Waals surface area contributed by atoms with Crippen LogP contribution < -0.4 is 11.1 Å². The van der Waals surface area contributed by atoms with Crippen molar-refractivity contribution >= 4 is 41.1 Å². The summed E-state index contributed by atoms with van der Waals surface area (Å²) >= 11 is 1.08. The van der Waals surface area contributed by atoms with Crippen LogP contribution in [0.15, 0.2) is 23.9 Å². The first-order chi connectivity index (χ1) is 22.3. The highest BCUT2D eigenvalue weighted by molar-refractivity contribution is 7.99. The lowest BCUT2D eigenvalue weighted by atomic mass is 9.44. The van der Waals surface area contributed by atoms with Crippen LogP contribution in [0.5, 0.6) is 0 Å². The van der Waals surface area contributed by atoms with Crippen LogP contribution in [0.3, 0.4) is 0 Å². The molecule has 1 aliphatic heterocycles. The average molecular weight is 672 g/mol. The number of carbonyl (C=O) groups excluding carboxylic acids is 3. The second kappa shape index (κ2) is 14.1. The van der Waals surface area contributed by atoms with E-state index >= 15 is 0 Å². The number of anilines is 2. The number of nitrogen functional groups attached to an aromatic ring is 1. The van der Waals surface area contributed by atoms with Gasteiger partial charge in [-0.05, 0) is 81.2 Å². The Balaban J connectivity index is 1.27. The third-order valence-electron chi connectivity index (χ3n) is 12.5. The van der Waals surface area contributed by atoms with Gasteiger partial charge in [0.25, 0.3) is 0 Å². The highest BCUT2D eigenvalue weighted by atomic mass is 32.2. The van der Waals surface area contributed by atoms with Crippen molar-refractivity contribution in [2.45, 2.75) is 96.4 Å². The Kier molecular flexibility index (Phi) is 10.8. The molecule has 0 spiro atoms. The molecule has 5 rings (SSSR count). The number of aliphatic hydroxyl groups is 2. The number of Topliss-reactive ketones (excluding diaryl/α,β-unsaturated/α-hetero) is 1. The lowest BCUT2D eigenvalue weighted by Gasteiger charge is -2.61. The van der Waals surface area contributed by atoms with E-state index in [9.17, 15) is 24.6 Å². The van der Waals surface area contributed by atoms with Crippen LogP contribution in [0.25, 0.3) is 0 Å². The maximum atomic E-state index is 13.6. The molecule has 1 aromatic rings. The summed E-state index contributed by atoms with van der Waals surface area (Å²) in [5, 5.41) is 24.0. The number of thioether (sulfide) groups is 1. The van der Waals surface area contributed by atoms with E-state index in [0.717, 1.165) is 63.4 Å². The van der Waals surface area contributed by atoms with Crippen molar-refractivity contribution in [2.75, 3.05) is 43.0 Å². The van der Waals surface area contributed by atoms with Crippen molar-refractivity contribution in [3.63, 3.8) is 0 Å². The van der Waals surface area contributed by atoms with Crippen molar-refractivity contribution in [3.8, 4) is 0 Å². The van der Waals surface area contributed by atoms with Gasteiger partial charge in [-0.1, -0.05) is 45.5 Å². The summed E-state index contributed by atoms with van der Waals surface area (Å²) in [5.41, 5.74) is 4.40. The van der Waals surface area contributed by atoms with Gasteiger partial charge in [0.2, 0.25) is 5.91 Å². The topological polar surface area (TPSA) is 168 Å². The summed E-state index contributed by atoms with van der Waals surface area (Å²) in [6.45, 7) is 14.4. The number of amides is 1. The highest BCUT2D eigenvalue weighted by Crippen LogP contribution is 2.68. The Morgan fingerprint density at radius 3 is 2.62 bits per heavy atom. The predicted octanol–water partition coefficient (Wildman–Crippen LogP) is 4.09. The zero-order valence-electron chi connectivity index (χ0n) is 28.4. The Morgan fingerprint density at radius 1 is 1.21 bits per heavy atom. The van der Waals surface area contributed by atoms with Crippen LogP contribution in [0.4, 0.5) is 11.6 Å². The highest BCUT2D eigenvalue weighted by Gasteiger charge is 2.68. The molecular weight excluding hydrogens is 618 g/mol. The van der Waals surface area contributed by atoms with Crippen LogP contribution in [0.1, 0.15) is 79.1 Å². The molecule has 11 nitrogen and oxygen atoms in total. The fourth-order valence-corrected chi connectivity index (χ4v) is 10.0. The Labute approximate surface area is 282 Å². The molecule has 47 heavy (non-hydrogen) atoms. The van der Waals surface area contributed by atoms with Crippen LogP contribution in [0, 0.1) is 39.9 Å². The number of rotatable bonds is 10. The molecule has 4 fully saturated rings. The van der Waals surface area contributed by atoms with E-state index in [1.807, 2.05) is 6.92 Å². The third kappa shape index (κ3) is 6.98. The van der Waals surface area contributed by atoms with Crippen molar-refractivity contribution in [1.82, 2.24) is 14.9 Å². The number of aromatic nitrogens is 2. The van der Waals surface area contributed by atoms with E-state index in [4.69, 9.17) is 10.5 Å². The maximum Gasteiger partial charge on any atom is 0.316 e. The first-order valence-corrected chi connectivity index (χ1v) is 18.2. The SMILES string of the molecule is C=C[C@]1(C)C[C@@H](OC(=O)CSc2nc(N)cc(NC(=O)CN3CCC(CCO)CC3)n2)[C@]2(C)[C@H](C)CC[C@]3(CCC(=O)[C@H]32)[C@@H](C)[C@@H]1O. The number of esters is 1. The minimum Gasteiger partial charge on any atom is -0.461 e. The second-order valence-corrected chi connectivity index (χ2v) is 16.0. The molecule has 0 aromatic carbocycles. The summed E-state index contributed by atoms with van der Waals surface area (Å²) in [5.74, 6) is 0.118. The molecule has 3 saturated carbocycles. The molecule has 0 radical (unpaired) electrons. The van der Waals surface area contributed by atoms with Gasteiger partial charge in [0.1, 0.15) is 23.5 Å². The van der Waals surface area contributed by atoms with Gasteiger partial charge < -0.3 is 26.0 Å². The number of nitrogens with one attached hydrogen (secondary N) is 1. The van der Waals surface area contributed by atoms with Gasteiger partial charge in [-0.3, -0.25) is 19.3 Å². The number of hydrogen-bond acceptors (Lipinski definition) is 11. The summed E-state index contributed by atoms with van der Waals surface area (Å²) in [6, 6.07) is 1.49. The summed E-state index contributed by atoms with van der Waals surface area (Å²) in [7, 11) is 0. The van der Waals surface area contributed by atoms with Crippen LogP contribution in [-0.2, 0) is 19.1 Å². The Morgan fingerprint density at radius 2 is 1.94 bits per heavy atom. The lowest BCUT2D eigenvalue weighted by Crippen LogP contribution is -2.63. The molecule has 3 aliphatic carbocycles. The molecule has 5 N–H and O–H groups in total. The molecule has 1 amide bonds. The normalized spacial score (nSPS) is 36.2. The van der Waals surface area contributed by atoms with Crippen molar-refractivity contribution in [3.05, 3.63) is 18.7 Å². The number of aliphatic hydroxyl groups excluding tert-OH is 2. The standard InChI is InChI=1S/C35H53N5O6S/c1-6-33(4)18-25(34(5)21(2)7-12-35(22(3)31(33)45)13-8-24(42)30(34)35)46-29(44)20-47-32-37-26(36)17-27(39-32)38-28(43)19-40-14-9-23(10-15-40)11-16-41/h6,17,21-23,25,30-31,41,45H,1,7-16,18-20H2,2-5H3,(H3,36,37,38,39,43)/t21-,22+,25-,30+,31+,33-,34+,35+/m1/s1. The second-order valence-electron chi connectivity index (χ2n) is 15.1. The fourth-order valence-electron chi connectivity index (χ4n) is 9.39. The van der Waals surface area contributed by atoms with Crippen LogP contribution >= 0.6 is 11.8 Å². The number of ketones is 1. The average Bonchev–Trinajstić information content (AvgIpc) is 3.39. The van der Waals surface area contributed by atoms with Crippen molar-refractivity contribution < 1.29 is 29.3 Å². The van der Waals surface area contributed by atoms with Gasteiger partial charge in [-0.15, -0.1) is 6.58 Å². The first-order valence-electron chi connectivity index (χ1n) is 17.2. The molecule has 8 atom stereocenters. The summed E-state index contributed by atoms with van der Waals surface area (Å²) < 4.78 is 6.33. The molecule has 4 aliphatic rings. The largest absolute Gasteiger partial charge is 0.461 e. The van der Waals surface area contributed by atoms with E-state index in [1.54, 1.807) is 6.08 Å². The molecule has 2 bridgehead atoms. The number of likely N-dealkylation sites (tertiary alicyclic amines) is 1. The Bertz CT molecular complexity index is 1360. The number of carbonyl (C=O) groups is 3. The predicted molar refractivity (Wildman–Crippen MR) is 181 cm³/mol. The number of nitrogens with two attached hydrogens (primary N) is 1. The van der Waals surface area contributed by atoms with Gasteiger partial charge in [-0.2, -0.15) is 0 Å². The van der Waals surface area contributed by atoms with E-state index in [-0.39, 0.29) is 70.6 Å². The zero-order chi connectivity index (χ0) is 34.1. The minimum atomic E-state index is -0.727. The number of piperidine rings is 1. The summed E-state index contributed by atoms with van der Waals surface area (Å²) in [6.07, 6.45) is 6.53. The molecule has 2 heterocycles. The van der Waals surface area contributed by atoms with Crippen LogP contribution in [-0.4, -0.2) is 86.9 Å². The summed E-state index contributed by atoms with van der Waals surface area (Å²) in [4.78, 5) is 50.7. The molecule has 1 saturated heterocycles. The van der Waals surface area contributed by atoms with Gasteiger partial charge in [-0.25, -0.2) is 9.97 Å². The minimum absolute atomic E-state index is 0.0892. The maximum absolute atomic E-state index is 13.6. The molecule has 1 aromatic heterocycles.